The Morgan fingerprint density at radius 2 is 0.618 bits per heavy atom. The molecule has 0 amide bonds. The van der Waals surface area contributed by atoms with Crippen molar-refractivity contribution in [2.24, 2.45) is 0 Å². The average Bonchev–Trinajstić information content (AvgIpc) is 3.34. The SMILES string of the molecule is CC/C=C\C/C=C\C/C=C\C/C=C\CCCCCCCCC(=O)OCC(COCCCCCCCCCC/C=C\C/C=C\C/C=C\CC)OC(=O)CCCC/C=C\C/C=C\C/C=C\C/C=C\CC. The third kappa shape index (κ3) is 54.6. The van der Waals surface area contributed by atoms with Gasteiger partial charge in [0.2, 0.25) is 0 Å². The van der Waals surface area contributed by atoms with Crippen LogP contribution in [0.2, 0.25) is 0 Å². The fourth-order valence-corrected chi connectivity index (χ4v) is 7.15. The lowest BCUT2D eigenvalue weighted by Gasteiger charge is -2.18. The van der Waals surface area contributed by atoms with Gasteiger partial charge in [0.05, 0.1) is 6.61 Å². The quantitative estimate of drug-likeness (QED) is 0.0345. The number of unbranched alkanes of at least 4 members (excludes halogenated alkanes) is 16. The molecule has 0 aliphatic heterocycles. The number of ether oxygens (including phenoxy) is 3. The van der Waals surface area contributed by atoms with E-state index in [0.29, 0.717) is 19.4 Å². The maximum atomic E-state index is 12.8. The summed E-state index contributed by atoms with van der Waals surface area (Å²) in [5.74, 6) is -0.472. The summed E-state index contributed by atoms with van der Waals surface area (Å²) in [5, 5.41) is 0. The van der Waals surface area contributed by atoms with Crippen LogP contribution in [0.1, 0.15) is 226 Å². The molecule has 0 saturated heterocycles. The molecule has 384 valence electrons. The van der Waals surface area contributed by atoms with Gasteiger partial charge < -0.3 is 14.2 Å². The number of rotatable bonds is 49. The summed E-state index contributed by atoms with van der Waals surface area (Å²) >= 11 is 0. The van der Waals surface area contributed by atoms with E-state index in [0.717, 1.165) is 128 Å². The van der Waals surface area contributed by atoms with E-state index in [1.165, 1.54) is 64.2 Å². The van der Waals surface area contributed by atoms with Gasteiger partial charge in [-0.15, -0.1) is 0 Å². The molecule has 68 heavy (non-hydrogen) atoms. The molecule has 0 saturated carbocycles. The Hall–Kier alpha value is -3.96. The van der Waals surface area contributed by atoms with Crippen molar-refractivity contribution >= 4 is 11.9 Å². The minimum atomic E-state index is -0.578. The number of esters is 2. The Balaban J connectivity index is 4.39. The van der Waals surface area contributed by atoms with E-state index in [1.807, 2.05) is 0 Å². The molecular weight excluding hydrogens is 837 g/mol. The molecule has 1 unspecified atom stereocenters. The van der Waals surface area contributed by atoms with E-state index in [4.69, 9.17) is 14.2 Å². The Labute approximate surface area is 419 Å². The molecule has 0 N–H and O–H groups in total. The second-order valence-corrected chi connectivity index (χ2v) is 17.7. The summed E-state index contributed by atoms with van der Waals surface area (Å²) in [5.41, 5.74) is 0. The topological polar surface area (TPSA) is 61.8 Å². The van der Waals surface area contributed by atoms with Crippen LogP contribution >= 0.6 is 0 Å². The summed E-state index contributed by atoms with van der Waals surface area (Å²) in [4.78, 5) is 25.5. The van der Waals surface area contributed by atoms with Gasteiger partial charge in [-0.1, -0.05) is 219 Å². The van der Waals surface area contributed by atoms with Gasteiger partial charge in [0.1, 0.15) is 6.61 Å². The second-order valence-electron chi connectivity index (χ2n) is 17.7. The molecule has 0 aliphatic carbocycles. The van der Waals surface area contributed by atoms with Crippen LogP contribution in [-0.4, -0.2) is 37.9 Å². The molecule has 0 radical (unpaired) electrons. The first kappa shape index (κ1) is 64.0. The zero-order chi connectivity index (χ0) is 49.2. The molecule has 0 rings (SSSR count). The van der Waals surface area contributed by atoms with Crippen molar-refractivity contribution in [3.63, 3.8) is 0 Å². The van der Waals surface area contributed by atoms with Gasteiger partial charge in [-0.2, -0.15) is 0 Å². The van der Waals surface area contributed by atoms with Crippen molar-refractivity contribution < 1.29 is 23.8 Å². The smallest absolute Gasteiger partial charge is 0.306 e. The number of allylic oxidation sites excluding steroid dienone is 22. The van der Waals surface area contributed by atoms with Crippen molar-refractivity contribution in [3.8, 4) is 0 Å². The molecule has 0 aromatic carbocycles. The van der Waals surface area contributed by atoms with E-state index < -0.39 is 6.10 Å². The first-order chi connectivity index (χ1) is 33.6. The Kier molecular flexibility index (Phi) is 54.0. The van der Waals surface area contributed by atoms with Gasteiger partial charge in [0.15, 0.2) is 6.10 Å². The highest BCUT2D eigenvalue weighted by molar-refractivity contribution is 5.70. The van der Waals surface area contributed by atoms with Gasteiger partial charge in [-0.05, 0) is 128 Å². The molecular formula is C63H102O5. The van der Waals surface area contributed by atoms with E-state index in [1.54, 1.807) is 0 Å². The largest absolute Gasteiger partial charge is 0.462 e. The van der Waals surface area contributed by atoms with Gasteiger partial charge >= 0.3 is 11.9 Å². The van der Waals surface area contributed by atoms with Crippen molar-refractivity contribution in [1.29, 1.82) is 0 Å². The lowest BCUT2D eigenvalue weighted by Crippen LogP contribution is -2.30. The van der Waals surface area contributed by atoms with Crippen LogP contribution in [-0.2, 0) is 23.8 Å². The predicted molar refractivity (Wildman–Crippen MR) is 297 cm³/mol. The Bertz CT molecular complexity index is 1430. The highest BCUT2D eigenvalue weighted by atomic mass is 16.6. The molecule has 1 atom stereocenters. The molecule has 5 nitrogen and oxygen atoms in total. The molecule has 0 heterocycles. The van der Waals surface area contributed by atoms with Crippen molar-refractivity contribution in [2.75, 3.05) is 19.8 Å². The Morgan fingerprint density at radius 3 is 1.01 bits per heavy atom. The standard InChI is InChI=1S/C63H102O5/c1-4-7-10-13-16-19-22-25-28-30-32-33-36-38-41-44-47-50-53-56-62(64)67-60-61(68-63(65)57-54-51-48-45-42-39-35-27-24-21-18-15-12-9-6-3)59-66-58-55-52-49-46-43-40-37-34-31-29-26-23-20-17-14-11-8-5-2/h7-12,16-21,25-29,32-33,35,42,45,61H,4-6,13-15,22-24,30-31,34,36-41,43-44,46-60H2,1-3H3/b10-7-,11-8-,12-9-,19-16-,20-17-,21-18-,28-25-,29-26-,33-32-,35-27-,45-42-. The number of carbonyl (C=O) groups excluding carboxylic acids is 2. The molecule has 0 fully saturated rings. The second kappa shape index (κ2) is 57.4. The summed E-state index contributed by atoms with van der Waals surface area (Å²) in [6, 6.07) is 0. The summed E-state index contributed by atoms with van der Waals surface area (Å²) in [6.07, 6.45) is 81.8. The third-order valence-electron chi connectivity index (χ3n) is 11.2. The minimum Gasteiger partial charge on any atom is -0.462 e. The van der Waals surface area contributed by atoms with Crippen LogP contribution in [0.25, 0.3) is 0 Å². The fraction of sp³-hybridized carbons (Fsp3) is 0.619. The summed E-state index contributed by atoms with van der Waals surface area (Å²) in [6.45, 7) is 7.41. The highest BCUT2D eigenvalue weighted by Gasteiger charge is 2.17. The van der Waals surface area contributed by atoms with Crippen LogP contribution < -0.4 is 0 Å². The average molecular weight is 940 g/mol. The molecule has 0 bridgehead atoms. The normalized spacial score (nSPS) is 13.3. The van der Waals surface area contributed by atoms with Crippen LogP contribution in [0.3, 0.4) is 0 Å². The third-order valence-corrected chi connectivity index (χ3v) is 11.2. The van der Waals surface area contributed by atoms with Crippen molar-refractivity contribution in [3.05, 3.63) is 134 Å². The first-order valence-corrected chi connectivity index (χ1v) is 27.7. The highest BCUT2D eigenvalue weighted by Crippen LogP contribution is 2.13. The lowest BCUT2D eigenvalue weighted by molar-refractivity contribution is -0.163. The van der Waals surface area contributed by atoms with Crippen LogP contribution in [0, 0.1) is 0 Å². The van der Waals surface area contributed by atoms with Crippen LogP contribution in [0.15, 0.2) is 134 Å². The fourth-order valence-electron chi connectivity index (χ4n) is 7.15. The maximum absolute atomic E-state index is 12.8. The summed E-state index contributed by atoms with van der Waals surface area (Å²) in [7, 11) is 0. The van der Waals surface area contributed by atoms with Crippen molar-refractivity contribution in [2.45, 2.75) is 232 Å². The molecule has 0 aromatic rings. The van der Waals surface area contributed by atoms with Gasteiger partial charge in [0, 0.05) is 19.4 Å². The van der Waals surface area contributed by atoms with E-state index in [-0.39, 0.29) is 25.2 Å². The van der Waals surface area contributed by atoms with E-state index >= 15 is 0 Å². The molecule has 5 heteroatoms. The van der Waals surface area contributed by atoms with Gasteiger partial charge in [-0.25, -0.2) is 0 Å². The number of hydrogen-bond acceptors (Lipinski definition) is 5. The summed E-state index contributed by atoms with van der Waals surface area (Å²) < 4.78 is 17.4. The number of carbonyl (C=O) groups is 2. The molecule has 0 aromatic heterocycles. The van der Waals surface area contributed by atoms with E-state index in [9.17, 15) is 9.59 Å². The van der Waals surface area contributed by atoms with E-state index in [2.05, 4.69) is 154 Å². The molecule has 0 aliphatic rings. The lowest BCUT2D eigenvalue weighted by atomic mass is 10.1. The Morgan fingerprint density at radius 1 is 0.324 bits per heavy atom. The predicted octanol–water partition coefficient (Wildman–Crippen LogP) is 19.1. The zero-order valence-electron chi connectivity index (χ0n) is 44.1. The van der Waals surface area contributed by atoms with Crippen LogP contribution in [0.4, 0.5) is 0 Å². The monoisotopic (exact) mass is 939 g/mol. The van der Waals surface area contributed by atoms with Gasteiger partial charge in [-0.3, -0.25) is 9.59 Å². The first-order valence-electron chi connectivity index (χ1n) is 27.7. The zero-order valence-corrected chi connectivity index (χ0v) is 44.1. The number of hydrogen-bond donors (Lipinski definition) is 0. The van der Waals surface area contributed by atoms with Crippen LogP contribution in [0.5, 0.6) is 0 Å². The van der Waals surface area contributed by atoms with Crippen molar-refractivity contribution in [1.82, 2.24) is 0 Å². The maximum Gasteiger partial charge on any atom is 0.306 e. The molecule has 0 spiro atoms. The minimum absolute atomic E-state index is 0.0492. The van der Waals surface area contributed by atoms with Gasteiger partial charge in [0.25, 0.3) is 0 Å².